The van der Waals surface area contributed by atoms with Gasteiger partial charge >= 0.3 is 10.1 Å². The molecule has 210 valence electrons. The Bertz CT molecular complexity index is 1860. The molecular weight excluding hydrogens is 536 g/mol. The van der Waals surface area contributed by atoms with Crippen LogP contribution in [0.1, 0.15) is 53.3 Å². The first-order valence-electron chi connectivity index (χ1n) is 14.7. The highest BCUT2D eigenvalue weighted by Gasteiger charge is 2.73. The average molecular weight is 569 g/mol. The van der Waals surface area contributed by atoms with E-state index in [9.17, 15) is 13.5 Å². The molecule has 1 aromatic heterocycles. The number of fused-ring (bicyclic) bond motifs is 4. The van der Waals surface area contributed by atoms with Crippen molar-refractivity contribution in [1.29, 1.82) is 0 Å². The van der Waals surface area contributed by atoms with Crippen molar-refractivity contribution in [3.63, 3.8) is 0 Å². The number of hydrogen-bond acceptors (Lipinski definition) is 6. The third-order valence-electron chi connectivity index (χ3n) is 10.6. The lowest BCUT2D eigenvalue weighted by Crippen LogP contribution is -2.74. The average Bonchev–Trinajstić information content (AvgIpc) is 3.59. The number of H-pyrrole nitrogens is 1. The fraction of sp³-hybridized carbons (Fsp3) is 0.394. The molecule has 0 radical (unpaired) electrons. The minimum absolute atomic E-state index is 0.0359. The molecule has 9 rings (SSSR count). The number of aliphatic hydroxyl groups is 1. The maximum Gasteiger partial charge on any atom is 0.339 e. The van der Waals surface area contributed by atoms with Crippen LogP contribution in [0.15, 0.2) is 65.6 Å². The molecule has 8 heteroatoms. The molecule has 41 heavy (non-hydrogen) atoms. The van der Waals surface area contributed by atoms with Gasteiger partial charge in [-0.1, -0.05) is 42.0 Å². The first-order chi connectivity index (χ1) is 19.8. The molecule has 2 N–H and O–H groups in total. The first-order valence-corrected chi connectivity index (χ1v) is 16.1. The van der Waals surface area contributed by atoms with Crippen molar-refractivity contribution >= 4 is 21.0 Å². The zero-order valence-corrected chi connectivity index (χ0v) is 23.7. The molecule has 7 nitrogen and oxygen atoms in total. The number of aryl methyl sites for hydroxylation is 1. The van der Waals surface area contributed by atoms with Crippen LogP contribution in [0.25, 0.3) is 10.9 Å². The minimum atomic E-state index is -4.09. The van der Waals surface area contributed by atoms with Crippen LogP contribution >= 0.6 is 0 Å². The largest absolute Gasteiger partial charge is 0.479 e. The standard InChI is InChI=1S/C33H32N2O5S/c1-19-6-11-22(12-7-19)41(37,38)40-26-13-10-21-16-27-33(36)17-24-23-4-2-3-5-25(23)34-29(24)31-32(33,28(21)30(26)39-31)14-15-35(27)18-20-8-9-20/h2-7,10-13,20,27,31,34,36H,8-9,14-18H2,1H3/t27-,31+,32+,33-/m1/s1. The van der Waals surface area contributed by atoms with Gasteiger partial charge in [0.15, 0.2) is 17.6 Å². The Morgan fingerprint density at radius 3 is 2.71 bits per heavy atom. The normalized spacial score (nSPS) is 29.6. The summed E-state index contributed by atoms with van der Waals surface area (Å²) in [5.41, 5.74) is 4.40. The van der Waals surface area contributed by atoms with E-state index in [1.54, 1.807) is 30.3 Å². The summed E-state index contributed by atoms with van der Waals surface area (Å²) in [6.45, 7) is 3.82. The number of nitrogens with one attached hydrogen (secondary N) is 1. The van der Waals surface area contributed by atoms with Gasteiger partial charge in [-0.05, 0) is 80.5 Å². The second-order valence-corrected chi connectivity index (χ2v) is 14.4. The molecule has 1 spiro atoms. The highest BCUT2D eigenvalue weighted by molar-refractivity contribution is 7.87. The van der Waals surface area contributed by atoms with Crippen molar-refractivity contribution in [2.24, 2.45) is 5.92 Å². The molecule has 2 aliphatic heterocycles. The number of nitrogens with zero attached hydrogens (tertiary/aromatic N) is 1. The van der Waals surface area contributed by atoms with Gasteiger partial charge in [0.2, 0.25) is 0 Å². The highest BCUT2D eigenvalue weighted by atomic mass is 32.2. The van der Waals surface area contributed by atoms with Gasteiger partial charge < -0.3 is 19.0 Å². The molecule has 0 amide bonds. The van der Waals surface area contributed by atoms with E-state index in [1.807, 2.05) is 25.1 Å². The number of rotatable bonds is 5. The van der Waals surface area contributed by atoms with E-state index in [0.29, 0.717) is 18.6 Å². The number of aromatic amines is 1. The third kappa shape index (κ3) is 3.13. The van der Waals surface area contributed by atoms with Gasteiger partial charge in [0.25, 0.3) is 0 Å². The third-order valence-corrected chi connectivity index (χ3v) is 11.8. The fourth-order valence-corrected chi connectivity index (χ4v) is 9.43. The van der Waals surface area contributed by atoms with E-state index in [4.69, 9.17) is 8.92 Å². The summed E-state index contributed by atoms with van der Waals surface area (Å²) in [7, 11) is -4.09. The number of para-hydroxylation sites is 1. The van der Waals surface area contributed by atoms with Crippen LogP contribution in [0.3, 0.4) is 0 Å². The number of ether oxygens (including phenoxy) is 1. The van der Waals surface area contributed by atoms with E-state index in [0.717, 1.165) is 64.3 Å². The lowest BCUT2D eigenvalue weighted by atomic mass is 9.49. The summed E-state index contributed by atoms with van der Waals surface area (Å²) in [5.74, 6) is 1.37. The Morgan fingerprint density at radius 2 is 1.90 bits per heavy atom. The zero-order valence-electron chi connectivity index (χ0n) is 22.9. The number of likely N-dealkylation sites (tertiary alicyclic amines) is 1. The summed E-state index contributed by atoms with van der Waals surface area (Å²) in [6.07, 6.45) is 4.04. The lowest BCUT2D eigenvalue weighted by molar-refractivity contribution is -0.173. The Balaban J connectivity index is 1.24. The van der Waals surface area contributed by atoms with E-state index < -0.39 is 27.2 Å². The molecule has 3 aliphatic carbocycles. The number of benzene rings is 3. The van der Waals surface area contributed by atoms with Crippen LogP contribution in [0, 0.1) is 12.8 Å². The molecule has 4 aromatic rings. The van der Waals surface area contributed by atoms with Crippen molar-refractivity contribution in [2.45, 2.75) is 67.1 Å². The van der Waals surface area contributed by atoms with Crippen LogP contribution < -0.4 is 8.92 Å². The molecule has 4 atom stereocenters. The quantitative estimate of drug-likeness (QED) is 0.332. The molecular formula is C33H32N2O5S. The maximum absolute atomic E-state index is 13.4. The van der Waals surface area contributed by atoms with Crippen molar-refractivity contribution < 1.29 is 22.4 Å². The predicted molar refractivity (Wildman–Crippen MR) is 154 cm³/mol. The van der Waals surface area contributed by atoms with E-state index in [2.05, 4.69) is 22.0 Å². The van der Waals surface area contributed by atoms with E-state index in [1.165, 1.54) is 12.8 Å². The summed E-state index contributed by atoms with van der Waals surface area (Å²) in [5, 5.41) is 14.2. The van der Waals surface area contributed by atoms with Crippen LogP contribution in [-0.4, -0.2) is 48.1 Å². The number of piperidine rings is 1. The molecule has 1 saturated heterocycles. The Kier molecular flexibility index (Phi) is 4.70. The summed E-state index contributed by atoms with van der Waals surface area (Å²) < 4.78 is 39.5. The topological polar surface area (TPSA) is 91.9 Å². The Labute approximate surface area is 239 Å². The molecule has 3 heterocycles. The Morgan fingerprint density at radius 1 is 1.10 bits per heavy atom. The monoisotopic (exact) mass is 568 g/mol. The van der Waals surface area contributed by atoms with Gasteiger partial charge in [0.05, 0.1) is 16.7 Å². The van der Waals surface area contributed by atoms with Gasteiger partial charge in [-0.2, -0.15) is 8.42 Å². The van der Waals surface area contributed by atoms with Gasteiger partial charge in [0, 0.05) is 35.5 Å². The smallest absolute Gasteiger partial charge is 0.339 e. The summed E-state index contributed by atoms with van der Waals surface area (Å²) in [4.78, 5) is 6.28. The molecule has 0 unspecified atom stereocenters. The lowest BCUT2D eigenvalue weighted by Gasteiger charge is -2.62. The van der Waals surface area contributed by atoms with Crippen LogP contribution in [0.4, 0.5) is 0 Å². The molecule has 3 aromatic carbocycles. The zero-order chi connectivity index (χ0) is 27.7. The highest BCUT2D eigenvalue weighted by Crippen LogP contribution is 2.69. The second kappa shape index (κ2) is 7.94. The molecule has 2 fully saturated rings. The van der Waals surface area contributed by atoms with Crippen molar-refractivity contribution in [3.8, 4) is 11.5 Å². The maximum atomic E-state index is 13.4. The van der Waals surface area contributed by atoms with E-state index in [-0.39, 0.29) is 16.7 Å². The summed E-state index contributed by atoms with van der Waals surface area (Å²) >= 11 is 0. The van der Waals surface area contributed by atoms with Gasteiger partial charge in [-0.3, -0.25) is 4.90 Å². The first kappa shape index (κ1) is 24.3. The second-order valence-electron chi connectivity index (χ2n) is 12.8. The van der Waals surface area contributed by atoms with Gasteiger partial charge in [0.1, 0.15) is 4.90 Å². The number of aromatic nitrogens is 1. The SMILES string of the molecule is Cc1ccc(S(=O)(=O)Oc2ccc3c4c2O[C@H]2c5[nH]c6ccccc6c5C[C@@]5(O)[C@@H](C3)N(CC3CC3)CC[C@]425)cc1. The fourth-order valence-electron chi connectivity index (χ4n) is 8.50. The molecule has 1 saturated carbocycles. The van der Waals surface area contributed by atoms with Crippen LogP contribution in [-0.2, 0) is 28.4 Å². The predicted octanol–water partition coefficient (Wildman–Crippen LogP) is 4.94. The molecule has 2 bridgehead atoms. The summed E-state index contributed by atoms with van der Waals surface area (Å²) in [6, 6.07) is 18.6. The van der Waals surface area contributed by atoms with Crippen molar-refractivity contribution in [3.05, 3.63) is 88.6 Å². The van der Waals surface area contributed by atoms with E-state index >= 15 is 0 Å². The van der Waals surface area contributed by atoms with Crippen molar-refractivity contribution in [2.75, 3.05) is 13.1 Å². The minimum Gasteiger partial charge on any atom is -0.479 e. The van der Waals surface area contributed by atoms with Crippen LogP contribution in [0.2, 0.25) is 0 Å². The van der Waals surface area contributed by atoms with Crippen molar-refractivity contribution in [1.82, 2.24) is 9.88 Å². The van der Waals surface area contributed by atoms with Gasteiger partial charge in [-0.15, -0.1) is 0 Å². The number of hydrogen-bond donors (Lipinski definition) is 2. The van der Waals surface area contributed by atoms with Gasteiger partial charge in [-0.25, -0.2) is 0 Å². The molecule has 5 aliphatic rings. The Hall–Kier alpha value is -3.33. The van der Waals surface area contributed by atoms with Crippen LogP contribution in [0.5, 0.6) is 11.5 Å².